The van der Waals surface area contributed by atoms with Crippen LogP contribution in [0.1, 0.15) is 23.2 Å². The molecule has 1 aromatic rings. The molecule has 1 fully saturated rings. The number of sulfonamides is 1. The molecule has 0 saturated carbocycles. The lowest BCUT2D eigenvalue weighted by Gasteiger charge is -2.30. The second-order valence-electron chi connectivity index (χ2n) is 6.18. The largest absolute Gasteiger partial charge is 0.453 e. The summed E-state index contributed by atoms with van der Waals surface area (Å²) in [5, 5.41) is 3.05. The van der Waals surface area contributed by atoms with Crippen LogP contribution in [0.5, 0.6) is 0 Å². The van der Waals surface area contributed by atoms with Crippen LogP contribution in [0.3, 0.4) is 0 Å². The van der Waals surface area contributed by atoms with E-state index in [2.05, 4.69) is 10.0 Å². The van der Waals surface area contributed by atoms with Gasteiger partial charge in [-0.15, -0.1) is 0 Å². The first-order valence-corrected chi connectivity index (χ1v) is 10.3. The van der Waals surface area contributed by atoms with Gasteiger partial charge in [0.05, 0.1) is 24.1 Å². The van der Waals surface area contributed by atoms with Gasteiger partial charge >= 0.3 is 6.09 Å². The van der Waals surface area contributed by atoms with Crippen LogP contribution in [0, 0.1) is 5.92 Å². The zero-order valence-corrected chi connectivity index (χ0v) is 16.2. The van der Waals surface area contributed by atoms with Gasteiger partial charge in [-0.2, -0.15) is 0 Å². The van der Waals surface area contributed by atoms with Crippen molar-refractivity contribution >= 4 is 39.3 Å². The van der Waals surface area contributed by atoms with Crippen molar-refractivity contribution in [2.75, 3.05) is 37.7 Å². The van der Waals surface area contributed by atoms with E-state index in [1.807, 2.05) is 0 Å². The van der Waals surface area contributed by atoms with Gasteiger partial charge in [0.15, 0.2) is 0 Å². The number of carbonyl (C=O) groups excluding carboxylic acids is 2. The quantitative estimate of drug-likeness (QED) is 0.781. The number of likely N-dealkylation sites (tertiary alicyclic amines) is 1. The average molecular weight is 404 g/mol. The normalized spacial score (nSPS) is 15.4. The third kappa shape index (κ3) is 5.77. The maximum Gasteiger partial charge on any atom is 0.409 e. The molecule has 2 N–H and O–H groups in total. The number of halogens is 1. The topological polar surface area (TPSA) is 105 Å². The van der Waals surface area contributed by atoms with Crippen molar-refractivity contribution in [1.29, 1.82) is 0 Å². The molecule has 2 amide bonds. The number of ether oxygens (including phenoxy) is 1. The minimum atomic E-state index is -3.49. The number of piperidine rings is 1. The number of nitrogens with one attached hydrogen (secondary N) is 2. The molecule has 0 bridgehead atoms. The maximum atomic E-state index is 12.3. The Hall–Kier alpha value is -2.00. The van der Waals surface area contributed by atoms with Crippen LogP contribution < -0.4 is 10.0 Å². The number of anilines is 1. The lowest BCUT2D eigenvalue weighted by Crippen LogP contribution is -2.41. The second-order valence-corrected chi connectivity index (χ2v) is 8.33. The van der Waals surface area contributed by atoms with Crippen LogP contribution in [0.25, 0.3) is 0 Å². The summed E-state index contributed by atoms with van der Waals surface area (Å²) in [6.07, 6.45) is 2.23. The Bertz CT molecular complexity index is 776. The van der Waals surface area contributed by atoms with E-state index in [9.17, 15) is 18.0 Å². The fourth-order valence-electron chi connectivity index (χ4n) is 2.73. The van der Waals surface area contributed by atoms with Gasteiger partial charge in [0.1, 0.15) is 0 Å². The van der Waals surface area contributed by atoms with E-state index in [1.165, 1.54) is 25.3 Å². The van der Waals surface area contributed by atoms with E-state index in [1.54, 1.807) is 4.90 Å². The molecule has 8 nitrogen and oxygen atoms in total. The van der Waals surface area contributed by atoms with Gasteiger partial charge in [-0.1, -0.05) is 11.6 Å². The highest BCUT2D eigenvalue weighted by Gasteiger charge is 2.23. The Kier molecular flexibility index (Phi) is 6.71. The number of methoxy groups -OCH3 is 1. The molecule has 1 saturated heterocycles. The first-order valence-electron chi connectivity index (χ1n) is 8.08. The predicted molar refractivity (Wildman–Crippen MR) is 99.0 cm³/mol. The first-order chi connectivity index (χ1) is 12.2. The molecule has 1 aliphatic heterocycles. The average Bonchev–Trinajstić information content (AvgIpc) is 2.60. The van der Waals surface area contributed by atoms with E-state index < -0.39 is 10.0 Å². The Labute approximate surface area is 157 Å². The van der Waals surface area contributed by atoms with Gasteiger partial charge in [-0.25, -0.2) is 13.2 Å². The zero-order valence-electron chi connectivity index (χ0n) is 14.6. The van der Waals surface area contributed by atoms with Crippen LogP contribution in [-0.4, -0.2) is 58.3 Å². The van der Waals surface area contributed by atoms with E-state index in [0.717, 1.165) is 19.1 Å². The Balaban J connectivity index is 1.91. The molecule has 0 atom stereocenters. The molecule has 1 aromatic carbocycles. The minimum absolute atomic E-state index is 0.160. The van der Waals surface area contributed by atoms with Crippen molar-refractivity contribution in [3.05, 3.63) is 28.8 Å². The van der Waals surface area contributed by atoms with E-state index in [0.29, 0.717) is 25.2 Å². The van der Waals surface area contributed by atoms with Gasteiger partial charge < -0.3 is 15.0 Å². The molecule has 26 heavy (non-hydrogen) atoms. The summed E-state index contributed by atoms with van der Waals surface area (Å²) in [5.74, 6) is -0.0469. The van der Waals surface area contributed by atoms with Gasteiger partial charge in [0, 0.05) is 25.2 Å². The fraction of sp³-hybridized carbons (Fsp3) is 0.500. The van der Waals surface area contributed by atoms with Crippen molar-refractivity contribution in [1.82, 2.24) is 10.2 Å². The zero-order chi connectivity index (χ0) is 19.3. The van der Waals surface area contributed by atoms with E-state index >= 15 is 0 Å². The number of nitrogens with zero attached hydrogens (tertiary/aromatic N) is 1. The number of hydrogen-bond acceptors (Lipinski definition) is 5. The predicted octanol–water partition coefficient (Wildman–Crippen LogP) is 1.92. The molecule has 0 unspecified atom stereocenters. The lowest BCUT2D eigenvalue weighted by molar-refractivity contribution is 0.0914. The summed E-state index contributed by atoms with van der Waals surface area (Å²) in [4.78, 5) is 25.4. The molecule has 0 aliphatic carbocycles. The van der Waals surface area contributed by atoms with Crippen molar-refractivity contribution in [2.24, 2.45) is 5.92 Å². The number of rotatable bonds is 5. The molecule has 0 aromatic heterocycles. The van der Waals surface area contributed by atoms with Gasteiger partial charge in [-0.05, 0) is 37.0 Å². The Morgan fingerprint density at radius 1 is 1.31 bits per heavy atom. The van der Waals surface area contributed by atoms with Gasteiger partial charge in [-0.3, -0.25) is 9.52 Å². The lowest BCUT2D eigenvalue weighted by atomic mass is 9.97. The van der Waals surface area contributed by atoms with E-state index in [4.69, 9.17) is 16.3 Å². The molecule has 144 valence electrons. The van der Waals surface area contributed by atoms with Crippen molar-refractivity contribution < 1.29 is 22.7 Å². The molecule has 10 heteroatoms. The van der Waals surface area contributed by atoms with Gasteiger partial charge in [0.25, 0.3) is 5.91 Å². The SMILES string of the molecule is COC(=O)N1CCC(CNC(=O)c2ccc(Cl)c(NS(C)(=O)=O)c2)CC1. The minimum Gasteiger partial charge on any atom is -0.453 e. The summed E-state index contributed by atoms with van der Waals surface area (Å²) in [7, 11) is -2.14. The summed E-state index contributed by atoms with van der Waals surface area (Å²) in [6, 6.07) is 4.41. The highest BCUT2D eigenvalue weighted by Crippen LogP contribution is 2.24. The molecule has 1 heterocycles. The Morgan fingerprint density at radius 2 is 1.96 bits per heavy atom. The molecular weight excluding hydrogens is 382 g/mol. The van der Waals surface area contributed by atoms with Crippen LogP contribution >= 0.6 is 11.6 Å². The second kappa shape index (κ2) is 8.59. The van der Waals surface area contributed by atoms with Gasteiger partial charge in [0.2, 0.25) is 10.0 Å². The van der Waals surface area contributed by atoms with Crippen molar-refractivity contribution in [3.63, 3.8) is 0 Å². The standard InChI is InChI=1S/C16H22ClN3O5S/c1-25-16(22)20-7-5-11(6-8-20)10-18-15(21)12-3-4-13(17)14(9-12)19-26(2,23)24/h3-4,9,11,19H,5-8,10H2,1-2H3,(H,18,21). The smallest absolute Gasteiger partial charge is 0.409 e. The number of benzene rings is 1. The first kappa shape index (κ1) is 20.3. The van der Waals surface area contributed by atoms with E-state index in [-0.39, 0.29) is 28.6 Å². The van der Waals surface area contributed by atoms with Crippen LogP contribution in [0.2, 0.25) is 5.02 Å². The third-order valence-electron chi connectivity index (χ3n) is 4.12. The van der Waals surface area contributed by atoms with Crippen LogP contribution in [-0.2, 0) is 14.8 Å². The van der Waals surface area contributed by atoms with Crippen molar-refractivity contribution in [3.8, 4) is 0 Å². The molecule has 1 aliphatic rings. The van der Waals surface area contributed by atoms with Crippen LogP contribution in [0.4, 0.5) is 10.5 Å². The number of amides is 2. The molecular formula is C16H22ClN3O5S. The highest BCUT2D eigenvalue weighted by molar-refractivity contribution is 7.92. The third-order valence-corrected chi connectivity index (χ3v) is 5.04. The summed E-state index contributed by atoms with van der Waals surface area (Å²) in [5.41, 5.74) is 0.473. The highest BCUT2D eigenvalue weighted by atomic mass is 35.5. The number of hydrogen-bond donors (Lipinski definition) is 2. The molecule has 0 spiro atoms. The monoisotopic (exact) mass is 403 g/mol. The fourth-order valence-corrected chi connectivity index (χ4v) is 3.52. The Morgan fingerprint density at radius 3 is 2.54 bits per heavy atom. The number of carbonyl (C=O) groups is 2. The summed E-state index contributed by atoms with van der Waals surface area (Å²) in [6.45, 7) is 1.67. The maximum absolute atomic E-state index is 12.3. The molecule has 0 radical (unpaired) electrons. The van der Waals surface area contributed by atoms with Crippen molar-refractivity contribution in [2.45, 2.75) is 12.8 Å². The molecule has 2 rings (SSSR count). The summed E-state index contributed by atoms with van der Waals surface area (Å²) >= 11 is 5.96. The van der Waals surface area contributed by atoms with Crippen LogP contribution in [0.15, 0.2) is 18.2 Å². The summed E-state index contributed by atoms with van der Waals surface area (Å²) < 4.78 is 29.7.